The quantitative estimate of drug-likeness (QED) is 0.860. The Hall–Kier alpha value is -1.79. The molecule has 0 aliphatic carbocycles. The van der Waals surface area contributed by atoms with E-state index in [1.807, 2.05) is 48.6 Å². The van der Waals surface area contributed by atoms with E-state index in [0.717, 1.165) is 10.6 Å². The number of rotatable bonds is 6. The molecule has 2 N–H and O–H groups in total. The molecule has 0 spiro atoms. The van der Waals surface area contributed by atoms with Crippen molar-refractivity contribution in [3.8, 4) is 0 Å². The maximum atomic E-state index is 11.8. The Balaban J connectivity index is 1.79. The van der Waals surface area contributed by atoms with Crippen molar-refractivity contribution in [1.29, 1.82) is 0 Å². The smallest absolute Gasteiger partial charge is 0.315 e. The fraction of sp³-hybridized carbons (Fsp3) is 0.357. The molecule has 0 saturated heterocycles. The summed E-state index contributed by atoms with van der Waals surface area (Å²) in [6.45, 7) is 1.05. The minimum Gasteiger partial charge on any atom is -0.468 e. The number of nitrogens with one attached hydrogen (secondary N) is 2. The van der Waals surface area contributed by atoms with Crippen molar-refractivity contribution in [2.75, 3.05) is 20.6 Å². The highest BCUT2D eigenvalue weighted by Gasteiger charge is 2.17. The molecule has 0 aliphatic heterocycles. The second-order valence-corrected chi connectivity index (χ2v) is 5.67. The van der Waals surface area contributed by atoms with Crippen LogP contribution in [0.4, 0.5) is 4.79 Å². The summed E-state index contributed by atoms with van der Waals surface area (Å²) in [5.74, 6) is 0.841. The normalized spacial score (nSPS) is 12.3. The van der Waals surface area contributed by atoms with E-state index in [1.165, 1.54) is 0 Å². The van der Waals surface area contributed by atoms with Gasteiger partial charge in [0.15, 0.2) is 0 Å². The van der Waals surface area contributed by atoms with Crippen LogP contribution in [0, 0.1) is 0 Å². The van der Waals surface area contributed by atoms with E-state index in [9.17, 15) is 4.79 Å². The zero-order valence-corrected chi connectivity index (χ0v) is 12.4. The average molecular weight is 293 g/mol. The molecule has 1 unspecified atom stereocenters. The first kappa shape index (κ1) is 14.6. The number of thiophene rings is 1. The molecule has 2 aromatic heterocycles. The number of hydrogen-bond acceptors (Lipinski definition) is 4. The van der Waals surface area contributed by atoms with Gasteiger partial charge in [-0.3, -0.25) is 4.90 Å². The van der Waals surface area contributed by atoms with Gasteiger partial charge in [0, 0.05) is 11.4 Å². The zero-order valence-electron chi connectivity index (χ0n) is 11.6. The molecule has 5 nitrogen and oxygen atoms in total. The number of carbonyl (C=O) groups excluding carboxylic acids is 1. The Labute approximate surface area is 122 Å². The van der Waals surface area contributed by atoms with Crippen LogP contribution >= 0.6 is 11.3 Å². The highest BCUT2D eigenvalue weighted by atomic mass is 32.1. The molecule has 0 bridgehead atoms. The van der Waals surface area contributed by atoms with E-state index in [-0.39, 0.29) is 12.1 Å². The van der Waals surface area contributed by atoms with Gasteiger partial charge in [-0.25, -0.2) is 4.79 Å². The SMILES string of the molecule is CN(C)C(CNC(=O)NCc1cccs1)c1ccco1. The second-order valence-electron chi connectivity index (χ2n) is 4.64. The lowest BCUT2D eigenvalue weighted by Crippen LogP contribution is -2.40. The average Bonchev–Trinajstić information content (AvgIpc) is 3.09. The maximum absolute atomic E-state index is 11.8. The van der Waals surface area contributed by atoms with Gasteiger partial charge in [-0.05, 0) is 37.7 Å². The van der Waals surface area contributed by atoms with E-state index < -0.39 is 0 Å². The summed E-state index contributed by atoms with van der Waals surface area (Å²) in [6.07, 6.45) is 1.64. The van der Waals surface area contributed by atoms with Gasteiger partial charge in [0.2, 0.25) is 0 Å². The molecule has 108 valence electrons. The Kier molecular flexibility index (Phi) is 5.20. The van der Waals surface area contributed by atoms with Gasteiger partial charge in [-0.1, -0.05) is 6.07 Å². The van der Waals surface area contributed by atoms with Crippen LogP contribution < -0.4 is 10.6 Å². The van der Waals surface area contributed by atoms with Crippen LogP contribution in [0.15, 0.2) is 40.3 Å². The molecular weight excluding hydrogens is 274 g/mol. The Bertz CT molecular complexity index is 509. The summed E-state index contributed by atoms with van der Waals surface area (Å²) >= 11 is 1.63. The van der Waals surface area contributed by atoms with Gasteiger partial charge in [0.1, 0.15) is 5.76 Å². The predicted octanol–water partition coefficient (Wildman–Crippen LogP) is 2.44. The van der Waals surface area contributed by atoms with Crippen molar-refractivity contribution < 1.29 is 9.21 Å². The molecule has 2 amide bonds. The molecule has 0 saturated carbocycles. The molecule has 1 atom stereocenters. The van der Waals surface area contributed by atoms with Crippen LogP contribution in [0.25, 0.3) is 0 Å². The monoisotopic (exact) mass is 293 g/mol. The molecule has 20 heavy (non-hydrogen) atoms. The summed E-state index contributed by atoms with van der Waals surface area (Å²) in [5.41, 5.74) is 0. The number of nitrogens with zero attached hydrogens (tertiary/aromatic N) is 1. The standard InChI is InChI=1S/C14H19N3O2S/c1-17(2)12(13-6-3-7-19-13)10-16-14(18)15-9-11-5-4-8-20-11/h3-8,12H,9-10H2,1-2H3,(H2,15,16,18). The molecule has 6 heteroatoms. The minimum absolute atomic E-state index is 0.0255. The third kappa shape index (κ3) is 4.11. The van der Waals surface area contributed by atoms with Crippen molar-refractivity contribution in [1.82, 2.24) is 15.5 Å². The molecule has 0 fully saturated rings. The largest absolute Gasteiger partial charge is 0.468 e. The minimum atomic E-state index is -0.170. The number of amides is 2. The van der Waals surface area contributed by atoms with Crippen LogP contribution in [-0.4, -0.2) is 31.6 Å². The highest BCUT2D eigenvalue weighted by molar-refractivity contribution is 7.09. The fourth-order valence-electron chi connectivity index (χ4n) is 1.85. The number of hydrogen-bond donors (Lipinski definition) is 2. The van der Waals surface area contributed by atoms with Gasteiger partial charge in [0.05, 0.1) is 18.8 Å². The van der Waals surface area contributed by atoms with Crippen LogP contribution in [0.1, 0.15) is 16.7 Å². The first-order chi connectivity index (χ1) is 9.66. The van der Waals surface area contributed by atoms with Crippen LogP contribution in [0.2, 0.25) is 0 Å². The van der Waals surface area contributed by atoms with Gasteiger partial charge < -0.3 is 15.1 Å². The molecule has 0 aliphatic rings. The Morgan fingerprint density at radius 1 is 1.35 bits per heavy atom. The van der Waals surface area contributed by atoms with Crippen molar-refractivity contribution >= 4 is 17.4 Å². The first-order valence-corrected chi connectivity index (χ1v) is 7.28. The Morgan fingerprint density at radius 2 is 2.20 bits per heavy atom. The van der Waals surface area contributed by atoms with Crippen LogP contribution in [0.5, 0.6) is 0 Å². The summed E-state index contributed by atoms with van der Waals surface area (Å²) in [4.78, 5) is 14.9. The molecule has 2 aromatic rings. The molecular formula is C14H19N3O2S. The lowest BCUT2D eigenvalue weighted by Gasteiger charge is -2.22. The van der Waals surface area contributed by atoms with Crippen molar-refractivity contribution in [2.24, 2.45) is 0 Å². The number of urea groups is 1. The van der Waals surface area contributed by atoms with Gasteiger partial charge in [-0.15, -0.1) is 11.3 Å². The number of furan rings is 1. The van der Waals surface area contributed by atoms with Gasteiger partial charge in [0.25, 0.3) is 0 Å². The summed E-state index contributed by atoms with van der Waals surface area (Å²) in [6, 6.07) is 7.59. The lowest BCUT2D eigenvalue weighted by atomic mass is 10.2. The van der Waals surface area contributed by atoms with E-state index >= 15 is 0 Å². The van der Waals surface area contributed by atoms with Crippen molar-refractivity contribution in [3.05, 3.63) is 46.5 Å². The van der Waals surface area contributed by atoms with Gasteiger partial charge >= 0.3 is 6.03 Å². The first-order valence-electron chi connectivity index (χ1n) is 6.40. The van der Waals surface area contributed by atoms with E-state index in [1.54, 1.807) is 17.6 Å². The van der Waals surface area contributed by atoms with E-state index in [0.29, 0.717) is 13.1 Å². The summed E-state index contributed by atoms with van der Waals surface area (Å²) in [7, 11) is 3.91. The van der Waals surface area contributed by atoms with E-state index in [2.05, 4.69) is 10.6 Å². The fourth-order valence-corrected chi connectivity index (χ4v) is 2.50. The molecule has 2 rings (SSSR count). The molecule has 0 aromatic carbocycles. The number of carbonyl (C=O) groups is 1. The van der Waals surface area contributed by atoms with Crippen molar-refractivity contribution in [3.63, 3.8) is 0 Å². The third-order valence-electron chi connectivity index (χ3n) is 2.95. The molecule has 2 heterocycles. The second kappa shape index (κ2) is 7.12. The predicted molar refractivity (Wildman–Crippen MR) is 79.7 cm³/mol. The highest BCUT2D eigenvalue weighted by Crippen LogP contribution is 2.17. The number of likely N-dealkylation sites (N-methyl/N-ethyl adjacent to an activating group) is 1. The Morgan fingerprint density at radius 3 is 2.80 bits per heavy atom. The topological polar surface area (TPSA) is 57.5 Å². The summed E-state index contributed by atoms with van der Waals surface area (Å²) in [5, 5.41) is 7.70. The van der Waals surface area contributed by atoms with E-state index in [4.69, 9.17) is 4.42 Å². The lowest BCUT2D eigenvalue weighted by molar-refractivity contribution is 0.225. The van der Waals surface area contributed by atoms with Crippen LogP contribution in [0.3, 0.4) is 0 Å². The molecule has 0 radical (unpaired) electrons. The van der Waals surface area contributed by atoms with Gasteiger partial charge in [-0.2, -0.15) is 0 Å². The summed E-state index contributed by atoms with van der Waals surface area (Å²) < 4.78 is 5.40. The van der Waals surface area contributed by atoms with Crippen LogP contribution in [-0.2, 0) is 6.54 Å². The zero-order chi connectivity index (χ0) is 14.4. The third-order valence-corrected chi connectivity index (χ3v) is 3.83. The maximum Gasteiger partial charge on any atom is 0.315 e. The van der Waals surface area contributed by atoms with Crippen molar-refractivity contribution in [2.45, 2.75) is 12.6 Å².